The molecule has 0 unspecified atom stereocenters. The van der Waals surface area contributed by atoms with Gasteiger partial charge in [0.05, 0.1) is 0 Å². The number of hydrogen-bond acceptors (Lipinski definition) is 5. The summed E-state index contributed by atoms with van der Waals surface area (Å²) >= 11 is 0. The van der Waals surface area contributed by atoms with Gasteiger partial charge in [-0.3, -0.25) is 9.59 Å². The summed E-state index contributed by atoms with van der Waals surface area (Å²) in [5.41, 5.74) is 1.09. The first-order chi connectivity index (χ1) is 13.2. The highest BCUT2D eigenvalue weighted by atomic mass is 16.2. The van der Waals surface area contributed by atoms with Crippen molar-refractivity contribution in [3.8, 4) is 0 Å². The Bertz CT molecular complexity index is 840. The molecule has 0 saturated carbocycles. The number of carbonyl (C=O) groups is 1. The van der Waals surface area contributed by atoms with Crippen molar-refractivity contribution in [2.24, 2.45) is 0 Å². The molecule has 0 aromatic carbocycles. The van der Waals surface area contributed by atoms with E-state index in [1.54, 1.807) is 15.9 Å². The van der Waals surface area contributed by atoms with Crippen LogP contribution in [-0.4, -0.2) is 48.6 Å². The smallest absolute Gasteiger partial charge is 0.263 e. The van der Waals surface area contributed by atoms with Crippen molar-refractivity contribution in [1.29, 1.82) is 0 Å². The maximum absolute atomic E-state index is 12.9. The van der Waals surface area contributed by atoms with E-state index in [4.69, 9.17) is 0 Å². The predicted octanol–water partition coefficient (Wildman–Crippen LogP) is 2.15. The second kappa shape index (κ2) is 9.25. The summed E-state index contributed by atoms with van der Waals surface area (Å²) in [6.07, 6.45) is 13.1. The molecule has 0 aliphatic heterocycles. The van der Waals surface area contributed by atoms with Gasteiger partial charge in [-0.2, -0.15) is 5.10 Å². The molecule has 0 radical (unpaired) electrons. The highest BCUT2D eigenvalue weighted by Crippen LogP contribution is 2.20. The fourth-order valence-electron chi connectivity index (χ4n) is 3.30. The van der Waals surface area contributed by atoms with E-state index < -0.39 is 5.56 Å². The summed E-state index contributed by atoms with van der Waals surface area (Å²) in [5, 5.41) is 3.98. The largest absolute Gasteiger partial charge is 0.338 e. The summed E-state index contributed by atoms with van der Waals surface area (Å²) < 4.78 is 1.56. The fourth-order valence-corrected chi connectivity index (χ4v) is 3.30. The molecule has 27 heavy (non-hydrogen) atoms. The van der Waals surface area contributed by atoms with Crippen LogP contribution in [0.15, 0.2) is 35.3 Å². The topological polar surface area (TPSA) is 96.8 Å². The van der Waals surface area contributed by atoms with E-state index in [2.05, 4.69) is 26.1 Å². The number of nitrogens with zero attached hydrogens (tertiary/aromatic N) is 5. The molecule has 1 amide bonds. The van der Waals surface area contributed by atoms with Gasteiger partial charge in [0, 0.05) is 19.3 Å². The first-order valence-electron chi connectivity index (χ1n) is 9.55. The summed E-state index contributed by atoms with van der Waals surface area (Å²) in [5.74, 6) is 0.186. The summed E-state index contributed by atoms with van der Waals surface area (Å²) in [6, 6.07) is 0. The first kappa shape index (κ1) is 19.0. The summed E-state index contributed by atoms with van der Waals surface area (Å²) in [4.78, 5) is 37.8. The van der Waals surface area contributed by atoms with Crippen LogP contribution in [0.3, 0.4) is 0 Å². The SMILES string of the molecule is CCCN(CCC1=CCCCC1)C(=O)c1cnc(Cn2cncn2)[nH]c1=O. The minimum absolute atomic E-state index is 0.0865. The Morgan fingerprint density at radius 1 is 1.33 bits per heavy atom. The Labute approximate surface area is 158 Å². The van der Waals surface area contributed by atoms with Gasteiger partial charge in [-0.25, -0.2) is 14.6 Å². The van der Waals surface area contributed by atoms with Gasteiger partial charge in [0.2, 0.25) is 0 Å². The van der Waals surface area contributed by atoms with Crippen molar-refractivity contribution in [3.05, 3.63) is 52.2 Å². The molecule has 0 atom stereocenters. The van der Waals surface area contributed by atoms with Crippen molar-refractivity contribution in [3.63, 3.8) is 0 Å². The molecule has 144 valence electrons. The Morgan fingerprint density at radius 3 is 2.89 bits per heavy atom. The summed E-state index contributed by atoms with van der Waals surface area (Å²) in [6.45, 7) is 3.60. The standard InChI is InChI=1S/C19H26N6O2/c1-2-9-24(10-8-15-6-4-3-5-7-15)19(27)16-11-21-17(23-18(16)26)12-25-14-20-13-22-25/h6,11,13-14H,2-5,7-10,12H2,1H3,(H,21,23,26). The maximum Gasteiger partial charge on any atom is 0.263 e. The van der Waals surface area contributed by atoms with Crippen molar-refractivity contribution < 1.29 is 4.79 Å². The van der Waals surface area contributed by atoms with Gasteiger partial charge in [0.25, 0.3) is 11.5 Å². The number of aromatic nitrogens is 5. The molecule has 8 nitrogen and oxygen atoms in total. The molecule has 0 spiro atoms. The Balaban J connectivity index is 1.69. The summed E-state index contributed by atoms with van der Waals surface area (Å²) in [7, 11) is 0. The number of hydrogen-bond donors (Lipinski definition) is 1. The molecule has 1 N–H and O–H groups in total. The second-order valence-corrected chi connectivity index (χ2v) is 6.82. The molecule has 2 heterocycles. The van der Waals surface area contributed by atoms with Gasteiger partial charge < -0.3 is 9.88 Å². The van der Waals surface area contributed by atoms with Gasteiger partial charge in [-0.1, -0.05) is 18.6 Å². The molecule has 0 bridgehead atoms. The number of nitrogens with one attached hydrogen (secondary N) is 1. The molecule has 0 saturated heterocycles. The third-order valence-corrected chi connectivity index (χ3v) is 4.73. The van der Waals surface area contributed by atoms with E-state index >= 15 is 0 Å². The normalized spacial score (nSPS) is 14.0. The average Bonchev–Trinajstić information content (AvgIpc) is 3.18. The zero-order valence-electron chi connectivity index (χ0n) is 15.7. The highest BCUT2D eigenvalue weighted by Gasteiger charge is 2.19. The van der Waals surface area contributed by atoms with E-state index in [1.165, 1.54) is 30.9 Å². The molecule has 0 fully saturated rings. The molecular formula is C19H26N6O2. The van der Waals surface area contributed by atoms with E-state index in [-0.39, 0.29) is 11.5 Å². The lowest BCUT2D eigenvalue weighted by Crippen LogP contribution is -2.37. The van der Waals surface area contributed by atoms with Crippen molar-refractivity contribution >= 4 is 5.91 Å². The van der Waals surface area contributed by atoms with Crippen molar-refractivity contribution in [1.82, 2.24) is 29.6 Å². The number of allylic oxidation sites excluding steroid dienone is 1. The molecular weight excluding hydrogens is 344 g/mol. The van der Waals surface area contributed by atoms with Gasteiger partial charge in [0.15, 0.2) is 0 Å². The quantitative estimate of drug-likeness (QED) is 0.718. The number of carbonyl (C=O) groups excluding carboxylic acids is 1. The van der Waals surface area contributed by atoms with E-state index in [9.17, 15) is 9.59 Å². The van der Waals surface area contributed by atoms with Crippen LogP contribution < -0.4 is 5.56 Å². The van der Waals surface area contributed by atoms with Gasteiger partial charge in [-0.15, -0.1) is 0 Å². The van der Waals surface area contributed by atoms with E-state index in [0.29, 0.717) is 25.5 Å². The zero-order valence-corrected chi connectivity index (χ0v) is 15.7. The molecule has 1 aliphatic rings. The maximum atomic E-state index is 12.9. The Kier molecular flexibility index (Phi) is 6.51. The van der Waals surface area contributed by atoms with Crippen LogP contribution in [0.1, 0.15) is 61.6 Å². The molecule has 2 aromatic heterocycles. The van der Waals surface area contributed by atoms with Crippen LogP contribution in [0, 0.1) is 0 Å². The third kappa shape index (κ3) is 5.12. The Morgan fingerprint density at radius 2 is 2.22 bits per heavy atom. The van der Waals surface area contributed by atoms with Gasteiger partial charge in [0.1, 0.15) is 30.6 Å². The molecule has 1 aliphatic carbocycles. The monoisotopic (exact) mass is 370 g/mol. The molecule has 2 aromatic rings. The number of aromatic amines is 1. The average molecular weight is 370 g/mol. The number of H-pyrrole nitrogens is 1. The lowest BCUT2D eigenvalue weighted by Gasteiger charge is -2.23. The predicted molar refractivity (Wildman–Crippen MR) is 101 cm³/mol. The first-order valence-corrected chi connectivity index (χ1v) is 9.55. The second-order valence-electron chi connectivity index (χ2n) is 6.82. The zero-order chi connectivity index (χ0) is 19.1. The van der Waals surface area contributed by atoms with Crippen LogP contribution in [0.4, 0.5) is 0 Å². The van der Waals surface area contributed by atoms with Crippen molar-refractivity contribution in [2.75, 3.05) is 13.1 Å². The van der Waals surface area contributed by atoms with Crippen LogP contribution >= 0.6 is 0 Å². The van der Waals surface area contributed by atoms with E-state index in [0.717, 1.165) is 25.7 Å². The fraction of sp³-hybridized carbons (Fsp3) is 0.526. The van der Waals surface area contributed by atoms with Crippen molar-refractivity contribution in [2.45, 2.75) is 52.0 Å². The molecule has 3 rings (SSSR count). The number of rotatable bonds is 8. The minimum Gasteiger partial charge on any atom is -0.338 e. The van der Waals surface area contributed by atoms with Crippen LogP contribution in [0.25, 0.3) is 0 Å². The van der Waals surface area contributed by atoms with Crippen LogP contribution in [-0.2, 0) is 6.54 Å². The Hall–Kier alpha value is -2.77. The van der Waals surface area contributed by atoms with Crippen LogP contribution in [0.5, 0.6) is 0 Å². The van der Waals surface area contributed by atoms with E-state index in [1.807, 2.05) is 6.92 Å². The van der Waals surface area contributed by atoms with Gasteiger partial charge in [-0.05, 0) is 38.5 Å². The minimum atomic E-state index is -0.414. The number of amides is 1. The third-order valence-electron chi connectivity index (χ3n) is 4.73. The van der Waals surface area contributed by atoms with Crippen LogP contribution in [0.2, 0.25) is 0 Å². The lowest BCUT2D eigenvalue weighted by atomic mass is 9.97. The molecule has 8 heteroatoms. The highest BCUT2D eigenvalue weighted by molar-refractivity contribution is 5.93. The van der Waals surface area contributed by atoms with Gasteiger partial charge >= 0.3 is 0 Å². The lowest BCUT2D eigenvalue weighted by molar-refractivity contribution is 0.0754.